The van der Waals surface area contributed by atoms with Gasteiger partial charge in [-0.15, -0.1) is 0 Å². The lowest BCUT2D eigenvalue weighted by atomic mass is 9.97. The number of alkyl halides is 2. The highest BCUT2D eigenvalue weighted by molar-refractivity contribution is 6.56. The Balaban J connectivity index is 2.35. The van der Waals surface area contributed by atoms with Gasteiger partial charge in [0.2, 0.25) is 0 Å². The summed E-state index contributed by atoms with van der Waals surface area (Å²) in [6.07, 6.45) is 4.25. The summed E-state index contributed by atoms with van der Waals surface area (Å²) in [4.78, 5) is 0. The minimum absolute atomic E-state index is 0.477. The highest BCUT2D eigenvalue weighted by Gasteiger charge is 2.31. The van der Waals surface area contributed by atoms with Crippen molar-refractivity contribution < 1.29 is 0 Å². The smallest absolute Gasteiger partial charge is 0.0950 e. The van der Waals surface area contributed by atoms with Crippen LogP contribution in [0.2, 0.25) is 0 Å². The number of allylic oxidation sites excluding steroid dienone is 4. The van der Waals surface area contributed by atoms with Gasteiger partial charge in [-0.2, -0.15) is 0 Å². The van der Waals surface area contributed by atoms with Crippen LogP contribution in [-0.4, -0.2) is 4.33 Å². The molecule has 0 heterocycles. The minimum Gasteiger partial charge on any atom is -0.0950 e. The van der Waals surface area contributed by atoms with Crippen molar-refractivity contribution in [1.82, 2.24) is 0 Å². The van der Waals surface area contributed by atoms with E-state index < -0.39 is 4.33 Å². The van der Waals surface area contributed by atoms with E-state index in [9.17, 15) is 0 Å². The van der Waals surface area contributed by atoms with E-state index in [0.29, 0.717) is 11.5 Å². The van der Waals surface area contributed by atoms with Crippen molar-refractivity contribution in [1.29, 1.82) is 0 Å². The van der Waals surface area contributed by atoms with Gasteiger partial charge in [0.25, 0.3) is 0 Å². The van der Waals surface area contributed by atoms with Crippen molar-refractivity contribution >= 4 is 40.4 Å². The first-order valence-electron chi connectivity index (χ1n) is 4.60. The summed E-state index contributed by atoms with van der Waals surface area (Å²) in [5, 5.41) is 0.477. The Hall–Kier alpha value is -0.430. The molecule has 0 N–H and O–H groups in total. The standard InChI is InChI=1S/C12H9Cl3/c13-11-7-6-10(8-12(11,14)15)9-4-2-1-3-5-9/h1-7H,8H2. The van der Waals surface area contributed by atoms with Crippen LogP contribution in [0.15, 0.2) is 47.5 Å². The fourth-order valence-corrected chi connectivity index (χ4v) is 2.07. The molecule has 0 unspecified atom stereocenters. The van der Waals surface area contributed by atoms with Crippen molar-refractivity contribution in [3.8, 4) is 0 Å². The second kappa shape index (κ2) is 4.21. The van der Waals surface area contributed by atoms with Gasteiger partial charge < -0.3 is 0 Å². The molecule has 0 nitrogen and oxygen atoms in total. The molecule has 0 spiro atoms. The Labute approximate surface area is 104 Å². The average Bonchev–Trinajstić information content (AvgIpc) is 2.23. The molecule has 78 valence electrons. The SMILES string of the molecule is ClC1=CC=C(c2ccccc2)CC1(Cl)Cl. The molecule has 1 aromatic rings. The van der Waals surface area contributed by atoms with E-state index in [1.165, 1.54) is 0 Å². The Kier molecular flexibility index (Phi) is 3.11. The van der Waals surface area contributed by atoms with Gasteiger partial charge in [-0.3, -0.25) is 0 Å². The van der Waals surface area contributed by atoms with Crippen molar-refractivity contribution in [2.24, 2.45) is 0 Å². The van der Waals surface area contributed by atoms with Crippen LogP contribution in [0.25, 0.3) is 5.57 Å². The molecule has 1 aromatic carbocycles. The fourth-order valence-electron chi connectivity index (χ4n) is 1.53. The van der Waals surface area contributed by atoms with Crippen molar-refractivity contribution in [2.45, 2.75) is 10.8 Å². The second-order valence-corrected chi connectivity index (χ2v) is 5.34. The van der Waals surface area contributed by atoms with Gasteiger partial charge in [0, 0.05) is 6.42 Å². The molecule has 0 fully saturated rings. The van der Waals surface area contributed by atoms with Gasteiger partial charge in [0.05, 0.1) is 5.03 Å². The van der Waals surface area contributed by atoms with Crippen LogP contribution in [-0.2, 0) is 0 Å². The van der Waals surface area contributed by atoms with Gasteiger partial charge in [-0.05, 0) is 17.2 Å². The number of benzene rings is 1. The van der Waals surface area contributed by atoms with Crippen molar-refractivity contribution in [3.63, 3.8) is 0 Å². The van der Waals surface area contributed by atoms with E-state index in [-0.39, 0.29) is 0 Å². The molecule has 0 radical (unpaired) electrons. The lowest BCUT2D eigenvalue weighted by Gasteiger charge is -2.24. The molecule has 0 atom stereocenters. The van der Waals surface area contributed by atoms with Gasteiger partial charge in [-0.1, -0.05) is 71.2 Å². The van der Waals surface area contributed by atoms with Gasteiger partial charge >= 0.3 is 0 Å². The van der Waals surface area contributed by atoms with E-state index in [4.69, 9.17) is 34.8 Å². The first-order chi connectivity index (χ1) is 7.09. The van der Waals surface area contributed by atoms with Crippen molar-refractivity contribution in [2.75, 3.05) is 0 Å². The van der Waals surface area contributed by atoms with Gasteiger partial charge in [0.1, 0.15) is 0 Å². The molecule has 1 aliphatic rings. The van der Waals surface area contributed by atoms with Crippen LogP contribution >= 0.6 is 34.8 Å². The topological polar surface area (TPSA) is 0 Å². The normalized spacial score (nSPS) is 19.4. The molecule has 3 heteroatoms. The lowest BCUT2D eigenvalue weighted by Crippen LogP contribution is -2.16. The molecular weight excluding hydrogens is 250 g/mol. The largest absolute Gasteiger partial charge is 0.157 e. The van der Waals surface area contributed by atoms with Crippen LogP contribution < -0.4 is 0 Å². The van der Waals surface area contributed by atoms with Gasteiger partial charge in [0.15, 0.2) is 4.33 Å². The van der Waals surface area contributed by atoms with E-state index >= 15 is 0 Å². The number of hydrogen-bond acceptors (Lipinski definition) is 0. The Morgan fingerprint density at radius 3 is 2.27 bits per heavy atom. The third-order valence-electron chi connectivity index (χ3n) is 2.34. The quantitative estimate of drug-likeness (QED) is 0.637. The van der Waals surface area contributed by atoms with Crippen LogP contribution in [0.3, 0.4) is 0 Å². The molecule has 15 heavy (non-hydrogen) atoms. The highest BCUT2D eigenvalue weighted by Crippen LogP contribution is 2.43. The zero-order valence-corrected chi connectivity index (χ0v) is 10.2. The third kappa shape index (κ3) is 2.39. The molecular formula is C12H9Cl3. The molecule has 0 bridgehead atoms. The summed E-state index contributed by atoms with van der Waals surface area (Å²) in [6, 6.07) is 10.0. The first-order valence-corrected chi connectivity index (χ1v) is 5.73. The number of rotatable bonds is 1. The predicted octanol–water partition coefficient (Wildman–Crippen LogP) is 4.77. The van der Waals surface area contributed by atoms with Crippen LogP contribution in [0.4, 0.5) is 0 Å². The van der Waals surface area contributed by atoms with Gasteiger partial charge in [-0.25, -0.2) is 0 Å². The summed E-state index contributed by atoms with van der Waals surface area (Å²) >= 11 is 18.1. The summed E-state index contributed by atoms with van der Waals surface area (Å²) < 4.78 is -0.985. The Morgan fingerprint density at radius 1 is 1.00 bits per heavy atom. The maximum absolute atomic E-state index is 6.09. The van der Waals surface area contributed by atoms with E-state index in [1.54, 1.807) is 6.08 Å². The maximum Gasteiger partial charge on any atom is 0.157 e. The van der Waals surface area contributed by atoms with Crippen LogP contribution in [0, 0.1) is 0 Å². The molecule has 0 amide bonds. The van der Waals surface area contributed by atoms with E-state index in [1.807, 2.05) is 36.4 Å². The third-order valence-corrected chi connectivity index (χ3v) is 3.65. The molecule has 0 saturated carbocycles. The molecule has 2 rings (SSSR count). The maximum atomic E-state index is 6.09. The summed E-state index contributed by atoms with van der Waals surface area (Å²) in [5.74, 6) is 0. The highest BCUT2D eigenvalue weighted by atomic mass is 35.5. The molecule has 1 aliphatic carbocycles. The minimum atomic E-state index is -0.985. The zero-order valence-electron chi connectivity index (χ0n) is 7.88. The van der Waals surface area contributed by atoms with Crippen LogP contribution in [0.1, 0.15) is 12.0 Å². The molecule has 0 saturated heterocycles. The summed E-state index contributed by atoms with van der Waals surface area (Å²) in [6.45, 7) is 0. The average molecular weight is 260 g/mol. The predicted molar refractivity (Wildman–Crippen MR) is 67.4 cm³/mol. The van der Waals surface area contributed by atoms with Crippen molar-refractivity contribution in [3.05, 3.63) is 53.1 Å². The summed E-state index contributed by atoms with van der Waals surface area (Å²) in [5.41, 5.74) is 2.23. The fraction of sp³-hybridized carbons (Fsp3) is 0.167. The first kappa shape index (κ1) is 11.1. The molecule has 0 aromatic heterocycles. The molecule has 0 aliphatic heterocycles. The van der Waals surface area contributed by atoms with Crippen LogP contribution in [0.5, 0.6) is 0 Å². The second-order valence-electron chi connectivity index (χ2n) is 3.45. The summed E-state index contributed by atoms with van der Waals surface area (Å²) in [7, 11) is 0. The zero-order chi connectivity index (χ0) is 10.9. The number of halogens is 3. The van der Waals surface area contributed by atoms with E-state index in [2.05, 4.69) is 0 Å². The Morgan fingerprint density at radius 2 is 1.67 bits per heavy atom. The lowest BCUT2D eigenvalue weighted by molar-refractivity contribution is 0.959. The van der Waals surface area contributed by atoms with E-state index in [0.717, 1.165) is 11.1 Å². The number of hydrogen-bond donors (Lipinski definition) is 0. The monoisotopic (exact) mass is 258 g/mol. The Bertz CT molecular complexity index is 416.